The van der Waals surface area contributed by atoms with Gasteiger partial charge in [-0.05, 0) is 38.6 Å². The Hall–Kier alpha value is -1.83. The topological polar surface area (TPSA) is 43.8 Å². The third-order valence-electron chi connectivity index (χ3n) is 3.21. The summed E-state index contributed by atoms with van der Waals surface area (Å²) in [6.07, 6.45) is 0. The quantitative estimate of drug-likeness (QED) is 0.803. The largest absolute Gasteiger partial charge is 0.384 e. The molecule has 0 saturated heterocycles. The van der Waals surface area contributed by atoms with E-state index in [-0.39, 0.29) is 12.5 Å². The minimum atomic E-state index is -0.136. The number of hydrogen-bond acceptors (Lipinski definition) is 3. The van der Waals surface area contributed by atoms with Crippen LogP contribution in [-0.4, -0.2) is 54.1 Å². The zero-order valence-electron chi connectivity index (χ0n) is 13.1. The molecule has 0 aromatic heterocycles. The van der Waals surface area contributed by atoms with E-state index in [1.807, 2.05) is 55.0 Å². The summed E-state index contributed by atoms with van der Waals surface area (Å²) in [7, 11) is 1.94. The van der Waals surface area contributed by atoms with Crippen molar-refractivity contribution in [1.29, 1.82) is 0 Å². The van der Waals surface area contributed by atoms with Crippen molar-refractivity contribution >= 4 is 5.91 Å². The lowest BCUT2D eigenvalue weighted by Gasteiger charge is -2.23. The minimum Gasteiger partial charge on any atom is -0.384 e. The van der Waals surface area contributed by atoms with E-state index in [9.17, 15) is 4.79 Å². The second-order valence-corrected chi connectivity index (χ2v) is 4.90. The monoisotopic (exact) mass is 288 g/mol. The van der Waals surface area contributed by atoms with Gasteiger partial charge in [-0.2, -0.15) is 0 Å². The molecule has 4 heteroatoms. The van der Waals surface area contributed by atoms with E-state index in [2.05, 4.69) is 11.8 Å². The highest BCUT2D eigenvalue weighted by Crippen LogP contribution is 2.07. The van der Waals surface area contributed by atoms with Crippen molar-refractivity contribution in [2.24, 2.45) is 0 Å². The van der Waals surface area contributed by atoms with Crippen LogP contribution in [0.1, 0.15) is 25.0 Å². The summed E-state index contributed by atoms with van der Waals surface area (Å²) in [5, 5.41) is 8.72. The third-order valence-corrected chi connectivity index (χ3v) is 3.21. The molecule has 1 amide bonds. The molecule has 1 aromatic carbocycles. The standard InChI is InChI=1S/C17H24N2O2/c1-4-19(5-2)17(21)14-18(3)13-16-9-6-8-15(12-16)10-7-11-20/h6,8-9,12,20H,4-5,11,13-14H2,1-3H3. The van der Waals surface area contributed by atoms with Gasteiger partial charge in [-0.3, -0.25) is 9.69 Å². The molecule has 0 heterocycles. The van der Waals surface area contributed by atoms with Gasteiger partial charge in [0.2, 0.25) is 5.91 Å². The third kappa shape index (κ3) is 5.99. The van der Waals surface area contributed by atoms with Gasteiger partial charge < -0.3 is 10.0 Å². The van der Waals surface area contributed by atoms with E-state index in [1.165, 1.54) is 0 Å². The van der Waals surface area contributed by atoms with Crippen molar-refractivity contribution in [1.82, 2.24) is 9.80 Å². The van der Waals surface area contributed by atoms with Crippen LogP contribution in [0.2, 0.25) is 0 Å². The number of carbonyl (C=O) groups is 1. The first-order chi connectivity index (χ1) is 10.1. The first kappa shape index (κ1) is 17.2. The summed E-state index contributed by atoms with van der Waals surface area (Å²) in [5.74, 6) is 5.68. The number of amides is 1. The van der Waals surface area contributed by atoms with Gasteiger partial charge >= 0.3 is 0 Å². The SMILES string of the molecule is CCN(CC)C(=O)CN(C)Cc1cccc(C#CCO)c1. The predicted octanol–water partition coefficient (Wildman–Crippen LogP) is 1.33. The van der Waals surface area contributed by atoms with Crippen LogP contribution < -0.4 is 0 Å². The molecule has 0 radical (unpaired) electrons. The van der Waals surface area contributed by atoms with E-state index in [4.69, 9.17) is 5.11 Å². The molecule has 0 atom stereocenters. The average Bonchev–Trinajstić information content (AvgIpc) is 2.46. The Kier molecular flexibility index (Phi) is 7.52. The van der Waals surface area contributed by atoms with Crippen molar-refractivity contribution in [3.05, 3.63) is 35.4 Å². The van der Waals surface area contributed by atoms with Crippen LogP contribution in [0.5, 0.6) is 0 Å². The highest BCUT2D eigenvalue weighted by atomic mass is 16.2. The first-order valence-electron chi connectivity index (χ1n) is 7.25. The summed E-state index contributed by atoms with van der Waals surface area (Å²) in [5.41, 5.74) is 1.99. The lowest BCUT2D eigenvalue weighted by atomic mass is 10.1. The average molecular weight is 288 g/mol. The van der Waals surface area contributed by atoms with Gasteiger partial charge in [0.25, 0.3) is 0 Å². The fourth-order valence-electron chi connectivity index (χ4n) is 2.16. The fraction of sp³-hybridized carbons (Fsp3) is 0.471. The molecule has 4 nitrogen and oxygen atoms in total. The Morgan fingerprint density at radius 1 is 1.29 bits per heavy atom. The lowest BCUT2D eigenvalue weighted by Crippen LogP contribution is -2.38. The lowest BCUT2D eigenvalue weighted by molar-refractivity contribution is -0.131. The van der Waals surface area contributed by atoms with Crippen LogP contribution in [0.3, 0.4) is 0 Å². The molecule has 0 aliphatic carbocycles. The number of rotatable bonds is 6. The Bertz CT molecular complexity index is 513. The molecule has 0 aliphatic heterocycles. The Labute approximate surface area is 127 Å². The number of carbonyl (C=O) groups excluding carboxylic acids is 1. The Morgan fingerprint density at radius 3 is 2.62 bits per heavy atom. The van der Waals surface area contributed by atoms with Crippen LogP contribution in [-0.2, 0) is 11.3 Å². The molecule has 1 aromatic rings. The molecule has 0 fully saturated rings. The number of benzene rings is 1. The Morgan fingerprint density at radius 2 is 2.00 bits per heavy atom. The highest BCUT2D eigenvalue weighted by Gasteiger charge is 2.12. The number of nitrogens with zero attached hydrogens (tertiary/aromatic N) is 2. The maximum Gasteiger partial charge on any atom is 0.236 e. The molecule has 0 bridgehead atoms. The zero-order chi connectivity index (χ0) is 15.7. The molecule has 0 unspecified atom stereocenters. The van der Waals surface area contributed by atoms with Crippen molar-refractivity contribution in [3.8, 4) is 11.8 Å². The van der Waals surface area contributed by atoms with Gasteiger partial charge in [-0.15, -0.1) is 0 Å². The first-order valence-corrected chi connectivity index (χ1v) is 7.25. The van der Waals surface area contributed by atoms with Gasteiger partial charge in [0.1, 0.15) is 6.61 Å². The summed E-state index contributed by atoms with van der Waals surface area (Å²) in [4.78, 5) is 15.9. The second kappa shape index (κ2) is 9.17. The van der Waals surface area contributed by atoms with E-state index in [0.717, 1.165) is 24.2 Å². The molecular formula is C17H24N2O2. The van der Waals surface area contributed by atoms with E-state index >= 15 is 0 Å². The second-order valence-electron chi connectivity index (χ2n) is 4.90. The fourth-order valence-corrected chi connectivity index (χ4v) is 2.16. The number of aliphatic hydroxyl groups is 1. The zero-order valence-corrected chi connectivity index (χ0v) is 13.1. The molecular weight excluding hydrogens is 264 g/mol. The molecule has 0 saturated carbocycles. The van der Waals surface area contributed by atoms with E-state index in [0.29, 0.717) is 13.1 Å². The number of aliphatic hydroxyl groups excluding tert-OH is 1. The van der Waals surface area contributed by atoms with Gasteiger partial charge in [-0.25, -0.2) is 0 Å². The Balaban J connectivity index is 2.62. The molecule has 1 N–H and O–H groups in total. The van der Waals surface area contributed by atoms with Crippen LogP contribution in [0.4, 0.5) is 0 Å². The van der Waals surface area contributed by atoms with E-state index in [1.54, 1.807) is 0 Å². The summed E-state index contributed by atoms with van der Waals surface area (Å²) >= 11 is 0. The van der Waals surface area contributed by atoms with Crippen molar-refractivity contribution in [3.63, 3.8) is 0 Å². The maximum atomic E-state index is 12.0. The summed E-state index contributed by atoms with van der Waals surface area (Å²) in [6, 6.07) is 7.85. The molecule has 114 valence electrons. The van der Waals surface area contributed by atoms with Crippen molar-refractivity contribution < 1.29 is 9.90 Å². The summed E-state index contributed by atoms with van der Waals surface area (Å²) < 4.78 is 0. The molecule has 0 spiro atoms. The number of hydrogen-bond donors (Lipinski definition) is 1. The van der Waals surface area contributed by atoms with Crippen LogP contribution in [0.15, 0.2) is 24.3 Å². The van der Waals surface area contributed by atoms with Crippen molar-refractivity contribution in [2.75, 3.05) is 33.3 Å². The minimum absolute atomic E-state index is 0.136. The number of likely N-dealkylation sites (N-methyl/N-ethyl adjacent to an activating group) is 2. The van der Waals surface area contributed by atoms with Crippen molar-refractivity contribution in [2.45, 2.75) is 20.4 Å². The van der Waals surface area contributed by atoms with Gasteiger partial charge in [0.05, 0.1) is 6.54 Å². The van der Waals surface area contributed by atoms with Gasteiger partial charge in [0.15, 0.2) is 0 Å². The van der Waals surface area contributed by atoms with Crippen LogP contribution in [0, 0.1) is 11.8 Å². The van der Waals surface area contributed by atoms with Crippen LogP contribution >= 0.6 is 0 Å². The highest BCUT2D eigenvalue weighted by molar-refractivity contribution is 5.78. The molecule has 21 heavy (non-hydrogen) atoms. The van der Waals surface area contributed by atoms with Gasteiger partial charge in [-0.1, -0.05) is 24.0 Å². The predicted molar refractivity (Wildman–Crippen MR) is 84.7 cm³/mol. The van der Waals surface area contributed by atoms with Gasteiger partial charge in [0, 0.05) is 25.2 Å². The normalized spacial score (nSPS) is 10.1. The molecule has 0 aliphatic rings. The molecule has 1 rings (SSSR count). The summed E-state index contributed by atoms with van der Waals surface area (Å²) in [6.45, 7) is 6.44. The van der Waals surface area contributed by atoms with E-state index < -0.39 is 0 Å². The smallest absolute Gasteiger partial charge is 0.236 e. The maximum absolute atomic E-state index is 12.0. The van der Waals surface area contributed by atoms with Crippen LogP contribution in [0.25, 0.3) is 0 Å².